The average molecular weight is 316 g/mol. The molecule has 1 atom stereocenters. The highest BCUT2D eigenvalue weighted by atomic mass is 79.9. The predicted octanol–water partition coefficient (Wildman–Crippen LogP) is 1.23. The van der Waals surface area contributed by atoms with E-state index in [1.807, 2.05) is 0 Å². The van der Waals surface area contributed by atoms with E-state index in [1.165, 1.54) is 0 Å². The number of morpholine rings is 1. The number of amides is 1. The van der Waals surface area contributed by atoms with E-state index in [0.29, 0.717) is 18.3 Å². The van der Waals surface area contributed by atoms with Crippen LogP contribution in [-0.2, 0) is 4.74 Å². The molecule has 1 amide bonds. The van der Waals surface area contributed by atoms with Crippen molar-refractivity contribution in [2.24, 2.45) is 0 Å². The van der Waals surface area contributed by atoms with E-state index in [9.17, 15) is 4.79 Å². The van der Waals surface area contributed by atoms with Gasteiger partial charge in [0.1, 0.15) is 5.69 Å². The molecule has 1 aliphatic rings. The van der Waals surface area contributed by atoms with Crippen molar-refractivity contribution in [1.29, 1.82) is 0 Å². The summed E-state index contributed by atoms with van der Waals surface area (Å²) >= 11 is 3.31. The number of nitrogens with zero attached hydrogens (tertiary/aromatic N) is 1. The lowest BCUT2D eigenvalue weighted by atomic mass is 10.2. The lowest BCUT2D eigenvalue weighted by Crippen LogP contribution is -2.47. The van der Waals surface area contributed by atoms with Gasteiger partial charge in [0.15, 0.2) is 0 Å². The Kier molecular flexibility index (Phi) is 4.79. The lowest BCUT2D eigenvalue weighted by Gasteiger charge is -2.32. The molecular formula is C12H18BrN3O2. The van der Waals surface area contributed by atoms with E-state index < -0.39 is 0 Å². The summed E-state index contributed by atoms with van der Waals surface area (Å²) in [6, 6.07) is 2.10. The van der Waals surface area contributed by atoms with Crippen LogP contribution >= 0.6 is 15.9 Å². The minimum absolute atomic E-state index is 0.0687. The number of rotatable bonds is 4. The zero-order chi connectivity index (χ0) is 13.0. The van der Waals surface area contributed by atoms with Crippen LogP contribution in [0.2, 0.25) is 0 Å². The van der Waals surface area contributed by atoms with Crippen molar-refractivity contribution in [2.45, 2.75) is 13.0 Å². The van der Waals surface area contributed by atoms with Crippen molar-refractivity contribution in [3.05, 3.63) is 22.4 Å². The second-order valence-electron chi connectivity index (χ2n) is 4.44. The highest BCUT2D eigenvalue weighted by molar-refractivity contribution is 9.10. The van der Waals surface area contributed by atoms with Crippen LogP contribution in [0.4, 0.5) is 0 Å². The van der Waals surface area contributed by atoms with Crippen molar-refractivity contribution < 1.29 is 9.53 Å². The predicted molar refractivity (Wildman–Crippen MR) is 72.7 cm³/mol. The Labute approximate surface area is 115 Å². The summed E-state index contributed by atoms with van der Waals surface area (Å²) in [4.78, 5) is 17.1. The molecule has 2 N–H and O–H groups in total. The first-order valence-electron chi connectivity index (χ1n) is 6.10. The number of carbonyl (C=O) groups excluding carboxylic acids is 1. The third-order valence-electron chi connectivity index (χ3n) is 3.12. The molecular weight excluding hydrogens is 298 g/mol. The molecule has 0 aliphatic carbocycles. The zero-order valence-electron chi connectivity index (χ0n) is 10.4. The van der Waals surface area contributed by atoms with E-state index in [2.05, 4.69) is 38.1 Å². The molecule has 2 rings (SSSR count). The van der Waals surface area contributed by atoms with Crippen molar-refractivity contribution in [1.82, 2.24) is 15.2 Å². The average Bonchev–Trinajstić information content (AvgIpc) is 2.83. The second-order valence-corrected chi connectivity index (χ2v) is 5.35. The van der Waals surface area contributed by atoms with Gasteiger partial charge in [0.05, 0.1) is 13.2 Å². The van der Waals surface area contributed by atoms with Crippen molar-refractivity contribution in [2.75, 3.05) is 32.8 Å². The molecule has 1 unspecified atom stereocenters. The maximum Gasteiger partial charge on any atom is 0.267 e. The summed E-state index contributed by atoms with van der Waals surface area (Å²) in [5.41, 5.74) is 0.580. The van der Waals surface area contributed by atoms with Gasteiger partial charge in [-0.3, -0.25) is 9.69 Å². The number of ether oxygens (including phenoxy) is 1. The monoisotopic (exact) mass is 315 g/mol. The van der Waals surface area contributed by atoms with Crippen LogP contribution < -0.4 is 5.32 Å². The SMILES string of the molecule is CC(CNC(=O)c1cc(Br)c[nH]1)N1CCOCC1. The quantitative estimate of drug-likeness (QED) is 0.878. The summed E-state index contributed by atoms with van der Waals surface area (Å²) in [5.74, 6) is -0.0687. The zero-order valence-corrected chi connectivity index (χ0v) is 12.0. The van der Waals surface area contributed by atoms with Crippen LogP contribution in [0, 0.1) is 0 Å². The number of hydrogen-bond donors (Lipinski definition) is 2. The summed E-state index contributed by atoms with van der Waals surface area (Å²) in [7, 11) is 0. The molecule has 0 bridgehead atoms. The minimum Gasteiger partial charge on any atom is -0.379 e. The van der Waals surface area contributed by atoms with Gasteiger partial charge in [-0.2, -0.15) is 0 Å². The Bertz CT molecular complexity index is 402. The molecule has 1 fully saturated rings. The van der Waals surface area contributed by atoms with Gasteiger partial charge in [-0.15, -0.1) is 0 Å². The standard InChI is InChI=1S/C12H18BrN3O2/c1-9(16-2-4-18-5-3-16)7-15-12(17)11-6-10(13)8-14-11/h6,8-9,14H,2-5,7H2,1H3,(H,15,17). The van der Waals surface area contributed by atoms with E-state index in [1.54, 1.807) is 12.3 Å². The van der Waals surface area contributed by atoms with E-state index >= 15 is 0 Å². The van der Waals surface area contributed by atoms with Crippen LogP contribution in [0.3, 0.4) is 0 Å². The van der Waals surface area contributed by atoms with Gasteiger partial charge in [-0.05, 0) is 28.9 Å². The first-order valence-corrected chi connectivity index (χ1v) is 6.90. The third-order valence-corrected chi connectivity index (χ3v) is 3.58. The van der Waals surface area contributed by atoms with Crippen LogP contribution in [0.5, 0.6) is 0 Å². The number of hydrogen-bond acceptors (Lipinski definition) is 3. The Balaban J connectivity index is 1.78. The number of nitrogens with one attached hydrogen (secondary N) is 2. The molecule has 1 aliphatic heterocycles. The van der Waals surface area contributed by atoms with Gasteiger partial charge in [0.2, 0.25) is 0 Å². The first-order chi connectivity index (χ1) is 8.66. The minimum atomic E-state index is -0.0687. The Morgan fingerprint density at radius 1 is 1.61 bits per heavy atom. The van der Waals surface area contributed by atoms with Crippen molar-refractivity contribution in [3.63, 3.8) is 0 Å². The lowest BCUT2D eigenvalue weighted by molar-refractivity contribution is 0.0204. The smallest absolute Gasteiger partial charge is 0.267 e. The largest absolute Gasteiger partial charge is 0.379 e. The Hall–Kier alpha value is -0.850. The number of halogens is 1. The second kappa shape index (κ2) is 6.36. The van der Waals surface area contributed by atoms with Gasteiger partial charge in [-0.25, -0.2) is 0 Å². The summed E-state index contributed by atoms with van der Waals surface area (Å²) in [5, 5.41) is 2.94. The van der Waals surface area contributed by atoms with Gasteiger partial charge in [-0.1, -0.05) is 0 Å². The number of carbonyl (C=O) groups is 1. The molecule has 100 valence electrons. The first kappa shape index (κ1) is 13.6. The molecule has 1 saturated heterocycles. The summed E-state index contributed by atoms with van der Waals surface area (Å²) in [6.45, 7) is 6.20. The summed E-state index contributed by atoms with van der Waals surface area (Å²) in [6.07, 6.45) is 1.75. The normalized spacial score (nSPS) is 18.6. The fraction of sp³-hybridized carbons (Fsp3) is 0.583. The topological polar surface area (TPSA) is 57.4 Å². The van der Waals surface area contributed by atoms with Gasteiger partial charge in [0.25, 0.3) is 5.91 Å². The van der Waals surface area contributed by atoms with Crippen LogP contribution in [0.15, 0.2) is 16.7 Å². The maximum absolute atomic E-state index is 11.8. The fourth-order valence-corrected chi connectivity index (χ4v) is 2.33. The number of aromatic nitrogens is 1. The molecule has 18 heavy (non-hydrogen) atoms. The summed E-state index contributed by atoms with van der Waals surface area (Å²) < 4.78 is 6.19. The molecule has 0 spiro atoms. The molecule has 6 heteroatoms. The molecule has 0 radical (unpaired) electrons. The highest BCUT2D eigenvalue weighted by Crippen LogP contribution is 2.10. The molecule has 1 aromatic heterocycles. The number of aromatic amines is 1. The van der Waals surface area contributed by atoms with E-state index in [-0.39, 0.29) is 5.91 Å². The highest BCUT2D eigenvalue weighted by Gasteiger charge is 2.18. The maximum atomic E-state index is 11.8. The van der Waals surface area contributed by atoms with Crippen molar-refractivity contribution >= 4 is 21.8 Å². The Morgan fingerprint density at radius 2 is 2.33 bits per heavy atom. The molecule has 0 aromatic carbocycles. The van der Waals surface area contributed by atoms with E-state index in [4.69, 9.17) is 4.74 Å². The molecule has 2 heterocycles. The van der Waals surface area contributed by atoms with Crippen LogP contribution in [0.1, 0.15) is 17.4 Å². The molecule has 5 nitrogen and oxygen atoms in total. The third kappa shape index (κ3) is 3.57. The number of H-pyrrole nitrogens is 1. The van der Waals surface area contributed by atoms with Crippen molar-refractivity contribution in [3.8, 4) is 0 Å². The van der Waals surface area contributed by atoms with Gasteiger partial charge >= 0.3 is 0 Å². The molecule has 1 aromatic rings. The van der Waals surface area contributed by atoms with Crippen LogP contribution in [0.25, 0.3) is 0 Å². The van der Waals surface area contributed by atoms with Gasteiger partial charge < -0.3 is 15.0 Å². The van der Waals surface area contributed by atoms with E-state index in [0.717, 1.165) is 30.8 Å². The Morgan fingerprint density at radius 3 is 2.94 bits per heavy atom. The molecule has 0 saturated carbocycles. The van der Waals surface area contributed by atoms with Gasteiger partial charge in [0, 0.05) is 36.3 Å². The van der Waals surface area contributed by atoms with Crippen LogP contribution in [-0.4, -0.2) is 54.7 Å². The fourth-order valence-electron chi connectivity index (χ4n) is 1.98.